The Hall–Kier alpha value is -1.25. The first-order valence-electron chi connectivity index (χ1n) is 11.8. The number of aliphatic hydroxyl groups excluding tert-OH is 3. The largest absolute Gasteiger partial charge is 0.395 e. The van der Waals surface area contributed by atoms with Gasteiger partial charge in [0.15, 0.2) is 0 Å². The molecular formula is C26H38BrNO4S. The third-order valence-electron chi connectivity index (χ3n) is 6.23. The molecule has 1 fully saturated rings. The summed E-state index contributed by atoms with van der Waals surface area (Å²) in [6.07, 6.45) is 14.1. The van der Waals surface area contributed by atoms with Crippen molar-refractivity contribution in [1.29, 1.82) is 0 Å². The lowest BCUT2D eigenvalue weighted by atomic mass is 9.86. The first-order chi connectivity index (χ1) is 15.8. The highest BCUT2D eigenvalue weighted by molar-refractivity contribution is 9.10. The Morgan fingerprint density at radius 3 is 2.88 bits per heavy atom. The number of carbonyl (C=O) groups is 1. The zero-order valence-electron chi connectivity index (χ0n) is 19.5. The molecule has 1 heterocycles. The molecule has 1 saturated carbocycles. The van der Waals surface area contributed by atoms with Crippen LogP contribution in [0.5, 0.6) is 0 Å². The molecule has 0 saturated heterocycles. The number of aliphatic hydroxyl groups is 3. The fourth-order valence-corrected chi connectivity index (χ4v) is 5.97. The highest BCUT2D eigenvalue weighted by Crippen LogP contribution is 2.41. The zero-order valence-corrected chi connectivity index (χ0v) is 21.9. The summed E-state index contributed by atoms with van der Waals surface area (Å²) in [6, 6.07) is 2.13. The van der Waals surface area contributed by atoms with E-state index in [2.05, 4.69) is 59.0 Å². The second-order valence-corrected chi connectivity index (χ2v) is 10.9. The number of allylic oxidation sites excluding steroid dienone is 4. The maximum absolute atomic E-state index is 11.6. The van der Waals surface area contributed by atoms with Crippen LogP contribution in [0.3, 0.4) is 0 Å². The lowest BCUT2D eigenvalue weighted by Crippen LogP contribution is -2.25. The Labute approximate surface area is 210 Å². The van der Waals surface area contributed by atoms with E-state index >= 15 is 0 Å². The van der Waals surface area contributed by atoms with Crippen LogP contribution in [0.4, 0.5) is 0 Å². The number of hydrogen-bond acceptors (Lipinski definition) is 5. The molecule has 2 unspecified atom stereocenters. The van der Waals surface area contributed by atoms with Crippen LogP contribution < -0.4 is 5.32 Å². The quantitative estimate of drug-likeness (QED) is 0.204. The Bertz CT molecular complexity index is 787. The van der Waals surface area contributed by atoms with Crippen LogP contribution >= 0.6 is 27.3 Å². The fourth-order valence-electron chi connectivity index (χ4n) is 4.36. The van der Waals surface area contributed by atoms with Gasteiger partial charge in [0.05, 0.1) is 18.8 Å². The first kappa shape index (κ1) is 28.0. The minimum Gasteiger partial charge on any atom is -0.395 e. The average molecular weight is 541 g/mol. The van der Waals surface area contributed by atoms with E-state index in [1.54, 1.807) is 11.3 Å². The topological polar surface area (TPSA) is 89.8 Å². The molecule has 4 N–H and O–H groups in total. The second kappa shape index (κ2) is 14.9. The van der Waals surface area contributed by atoms with Crippen molar-refractivity contribution in [2.24, 2.45) is 17.8 Å². The summed E-state index contributed by atoms with van der Waals surface area (Å²) < 4.78 is 1.13. The molecule has 0 spiro atoms. The van der Waals surface area contributed by atoms with E-state index in [0.29, 0.717) is 25.8 Å². The zero-order chi connectivity index (χ0) is 24.2. The molecular weight excluding hydrogens is 502 g/mol. The number of nitrogens with one attached hydrogen (secondary N) is 1. The Morgan fingerprint density at radius 2 is 2.21 bits per heavy atom. The Balaban J connectivity index is 1.82. The predicted molar refractivity (Wildman–Crippen MR) is 139 cm³/mol. The molecule has 5 atom stereocenters. The fraction of sp³-hybridized carbons (Fsp3) is 0.577. The van der Waals surface area contributed by atoms with E-state index in [1.807, 2.05) is 12.2 Å². The summed E-state index contributed by atoms with van der Waals surface area (Å²) >= 11 is 5.30. The smallest absolute Gasteiger partial charge is 0.220 e. The summed E-state index contributed by atoms with van der Waals surface area (Å²) in [6.45, 7) is 6.29. The number of unbranched alkanes of at least 4 members (excludes halogenated alkanes) is 1. The Kier molecular flexibility index (Phi) is 12.6. The van der Waals surface area contributed by atoms with Gasteiger partial charge in [0.25, 0.3) is 0 Å². The molecule has 7 heteroatoms. The number of rotatable bonds is 14. The molecule has 1 aromatic rings. The van der Waals surface area contributed by atoms with Gasteiger partial charge in [-0.1, -0.05) is 30.4 Å². The maximum atomic E-state index is 11.6. The van der Waals surface area contributed by atoms with Crippen LogP contribution in [0.15, 0.2) is 47.5 Å². The van der Waals surface area contributed by atoms with Gasteiger partial charge in [-0.25, -0.2) is 0 Å². The van der Waals surface area contributed by atoms with Gasteiger partial charge >= 0.3 is 0 Å². The van der Waals surface area contributed by atoms with E-state index < -0.39 is 6.10 Å². The minimum absolute atomic E-state index is 0.0388. The molecule has 0 bridgehead atoms. The predicted octanol–water partition coefficient (Wildman–Crippen LogP) is 4.69. The number of aryl methyl sites for hydroxylation is 2. The van der Waals surface area contributed by atoms with Crippen LogP contribution in [-0.2, 0) is 11.2 Å². The number of thiophene rings is 1. The van der Waals surface area contributed by atoms with Gasteiger partial charge in [-0.15, -0.1) is 17.9 Å². The lowest BCUT2D eigenvalue weighted by molar-refractivity contribution is -0.121. The van der Waals surface area contributed by atoms with Crippen LogP contribution in [0.2, 0.25) is 0 Å². The monoisotopic (exact) mass is 539 g/mol. The highest BCUT2D eigenvalue weighted by Gasteiger charge is 2.38. The van der Waals surface area contributed by atoms with Crippen molar-refractivity contribution >= 4 is 33.2 Å². The number of halogens is 1. The van der Waals surface area contributed by atoms with Crippen LogP contribution in [0.1, 0.15) is 48.3 Å². The molecule has 184 valence electrons. The number of hydrogen-bond donors (Lipinski definition) is 4. The molecule has 0 radical (unpaired) electrons. The molecule has 1 aliphatic rings. The van der Waals surface area contributed by atoms with Gasteiger partial charge in [-0.3, -0.25) is 4.79 Å². The number of amides is 1. The van der Waals surface area contributed by atoms with Gasteiger partial charge in [0, 0.05) is 27.2 Å². The molecule has 0 aromatic carbocycles. The van der Waals surface area contributed by atoms with Gasteiger partial charge in [0.1, 0.15) is 0 Å². The molecule has 2 rings (SSSR count). The molecule has 33 heavy (non-hydrogen) atoms. The molecule has 1 aliphatic carbocycles. The van der Waals surface area contributed by atoms with Crippen molar-refractivity contribution < 1.29 is 20.1 Å². The summed E-state index contributed by atoms with van der Waals surface area (Å²) in [7, 11) is 0. The summed E-state index contributed by atoms with van der Waals surface area (Å²) in [5.74, 6) is 0.409. The van der Waals surface area contributed by atoms with Crippen molar-refractivity contribution in [3.63, 3.8) is 0 Å². The molecule has 1 amide bonds. The summed E-state index contributed by atoms with van der Waals surface area (Å²) in [5.41, 5.74) is 0. The van der Waals surface area contributed by atoms with Crippen molar-refractivity contribution in [2.75, 3.05) is 13.2 Å². The first-order valence-corrected chi connectivity index (χ1v) is 13.4. The van der Waals surface area contributed by atoms with Crippen LogP contribution in [-0.4, -0.2) is 46.6 Å². The second-order valence-electron chi connectivity index (χ2n) is 8.72. The van der Waals surface area contributed by atoms with E-state index in [-0.39, 0.29) is 36.4 Å². The molecule has 0 aliphatic heterocycles. The van der Waals surface area contributed by atoms with E-state index in [0.717, 1.165) is 30.2 Å². The molecule has 5 nitrogen and oxygen atoms in total. The highest BCUT2D eigenvalue weighted by atomic mass is 79.9. The maximum Gasteiger partial charge on any atom is 0.220 e. The van der Waals surface area contributed by atoms with Crippen molar-refractivity contribution in [3.05, 3.63) is 57.3 Å². The van der Waals surface area contributed by atoms with Crippen molar-refractivity contribution in [1.82, 2.24) is 5.32 Å². The third kappa shape index (κ3) is 9.49. The van der Waals surface area contributed by atoms with E-state index in [1.165, 1.54) is 9.75 Å². The third-order valence-corrected chi connectivity index (χ3v) is 8.43. The van der Waals surface area contributed by atoms with Crippen LogP contribution in [0.25, 0.3) is 0 Å². The van der Waals surface area contributed by atoms with E-state index in [9.17, 15) is 15.0 Å². The van der Waals surface area contributed by atoms with Gasteiger partial charge in [0.2, 0.25) is 5.91 Å². The van der Waals surface area contributed by atoms with Gasteiger partial charge in [-0.2, -0.15) is 0 Å². The summed E-state index contributed by atoms with van der Waals surface area (Å²) in [5, 5.41) is 32.5. The van der Waals surface area contributed by atoms with E-state index in [4.69, 9.17) is 5.11 Å². The molecule has 1 aromatic heterocycles. The van der Waals surface area contributed by atoms with Gasteiger partial charge in [-0.05, 0) is 85.2 Å². The van der Waals surface area contributed by atoms with Crippen molar-refractivity contribution in [2.45, 2.75) is 64.1 Å². The lowest BCUT2D eigenvalue weighted by Gasteiger charge is -2.20. The van der Waals surface area contributed by atoms with Gasteiger partial charge < -0.3 is 20.6 Å². The minimum atomic E-state index is -0.512. The van der Waals surface area contributed by atoms with Crippen LogP contribution in [0, 0.1) is 24.7 Å². The number of carbonyl (C=O) groups excluding carboxylic acids is 1. The average Bonchev–Trinajstić information content (AvgIpc) is 3.28. The summed E-state index contributed by atoms with van der Waals surface area (Å²) in [4.78, 5) is 14.1. The standard InChI is InChI=1S/C26H38BrNO4S/c1-3-19-16-25(31)23(8-6-4-5-7-9-26(32)28-14-15-29)22(19)13-11-20(30)10-12-21-17-24(27)18(2)33-21/h3-4,6,11,13,17,19-20,22-23,25,29-31H,1,5,7-10,12,14-16H2,2H3,(H,28,32)/b6-4-,13-11+/t19?,20-,22-,23+,25?/m0/s1. The normalized spacial score (nSPS) is 24.0. The SMILES string of the molecule is C=CC1CC(O)[C@H](C/C=C\CCCC(=O)NCCO)[C@H]1/C=C/[C@@H](O)CCc1cc(Br)c(C)s1. The van der Waals surface area contributed by atoms with Crippen molar-refractivity contribution in [3.8, 4) is 0 Å². The Morgan fingerprint density at radius 1 is 1.42 bits per heavy atom.